The van der Waals surface area contributed by atoms with E-state index in [1.165, 1.54) is 11.1 Å². The zero-order valence-corrected chi connectivity index (χ0v) is 12.2. The molecule has 1 aromatic carbocycles. The van der Waals surface area contributed by atoms with Gasteiger partial charge in [-0.1, -0.05) is 33.8 Å². The van der Waals surface area contributed by atoms with Crippen LogP contribution in [0.3, 0.4) is 0 Å². The van der Waals surface area contributed by atoms with Gasteiger partial charge in [0.15, 0.2) is 0 Å². The third-order valence-electron chi connectivity index (χ3n) is 4.39. The fourth-order valence-electron chi connectivity index (χ4n) is 2.61. The second-order valence-electron chi connectivity index (χ2n) is 6.04. The minimum atomic E-state index is 0.230. The summed E-state index contributed by atoms with van der Waals surface area (Å²) in [7, 11) is 2.04. The van der Waals surface area contributed by atoms with Gasteiger partial charge >= 0.3 is 0 Å². The van der Waals surface area contributed by atoms with E-state index in [9.17, 15) is 0 Å². The van der Waals surface area contributed by atoms with Crippen molar-refractivity contribution in [1.29, 1.82) is 0 Å². The Bertz CT molecular complexity index is 425. The normalized spacial score (nSPS) is 23.4. The van der Waals surface area contributed by atoms with Crippen molar-refractivity contribution in [3.63, 3.8) is 0 Å². The Hall–Kier alpha value is -1.02. The average molecular weight is 247 g/mol. The van der Waals surface area contributed by atoms with Gasteiger partial charge in [-0.3, -0.25) is 0 Å². The number of nitrogens with one attached hydrogen (secondary N) is 1. The fourth-order valence-corrected chi connectivity index (χ4v) is 2.61. The van der Waals surface area contributed by atoms with Gasteiger partial charge in [0.25, 0.3) is 0 Å². The first-order chi connectivity index (χ1) is 8.49. The summed E-state index contributed by atoms with van der Waals surface area (Å²) in [4.78, 5) is 0. The van der Waals surface area contributed by atoms with Gasteiger partial charge in [-0.05, 0) is 36.6 Å². The predicted molar refractivity (Wildman–Crippen MR) is 76.2 cm³/mol. The summed E-state index contributed by atoms with van der Waals surface area (Å²) in [6, 6.07) is 7.08. The van der Waals surface area contributed by atoms with Crippen molar-refractivity contribution < 1.29 is 4.74 Å². The lowest BCUT2D eigenvalue weighted by Gasteiger charge is -2.33. The van der Waals surface area contributed by atoms with Gasteiger partial charge < -0.3 is 10.1 Å². The van der Waals surface area contributed by atoms with Crippen molar-refractivity contribution in [2.24, 2.45) is 5.92 Å². The van der Waals surface area contributed by atoms with Gasteiger partial charge in [-0.25, -0.2) is 0 Å². The van der Waals surface area contributed by atoms with E-state index in [2.05, 4.69) is 51.2 Å². The molecule has 18 heavy (non-hydrogen) atoms. The van der Waals surface area contributed by atoms with Crippen molar-refractivity contribution in [2.75, 3.05) is 13.7 Å². The van der Waals surface area contributed by atoms with E-state index in [4.69, 9.17) is 4.74 Å². The standard InChI is InChI=1S/C16H25NO/c1-6-16(3,4)12-7-8-14-13(9-12)15(17-5)11(2)10-18-14/h7-9,11,15,17H,6,10H2,1-5H3. The van der Waals surface area contributed by atoms with Crippen LogP contribution < -0.4 is 10.1 Å². The number of fused-ring (bicyclic) bond motifs is 1. The smallest absolute Gasteiger partial charge is 0.124 e. The highest BCUT2D eigenvalue weighted by Crippen LogP contribution is 2.38. The molecule has 1 aliphatic heterocycles. The van der Waals surface area contributed by atoms with Gasteiger partial charge in [0.05, 0.1) is 6.61 Å². The monoisotopic (exact) mass is 247 g/mol. The van der Waals surface area contributed by atoms with Gasteiger partial charge in [0.1, 0.15) is 5.75 Å². The zero-order chi connectivity index (χ0) is 13.3. The Morgan fingerprint density at radius 2 is 2.11 bits per heavy atom. The molecule has 0 amide bonds. The summed E-state index contributed by atoms with van der Waals surface area (Å²) in [5.74, 6) is 1.56. The van der Waals surface area contributed by atoms with Crippen LogP contribution in [-0.4, -0.2) is 13.7 Å². The average Bonchev–Trinajstić information content (AvgIpc) is 2.38. The molecule has 2 atom stereocenters. The minimum absolute atomic E-state index is 0.230. The lowest BCUT2D eigenvalue weighted by molar-refractivity contribution is 0.193. The topological polar surface area (TPSA) is 21.3 Å². The van der Waals surface area contributed by atoms with Crippen molar-refractivity contribution in [3.8, 4) is 5.75 Å². The van der Waals surface area contributed by atoms with Gasteiger partial charge in [-0.2, -0.15) is 0 Å². The Balaban J connectivity index is 2.44. The van der Waals surface area contributed by atoms with Crippen molar-refractivity contribution in [1.82, 2.24) is 5.32 Å². The van der Waals surface area contributed by atoms with Gasteiger partial charge in [0.2, 0.25) is 0 Å². The molecule has 1 N–H and O–H groups in total. The molecule has 0 fully saturated rings. The van der Waals surface area contributed by atoms with Gasteiger partial charge in [-0.15, -0.1) is 0 Å². The van der Waals surface area contributed by atoms with Crippen LogP contribution in [0.5, 0.6) is 5.75 Å². The summed E-state index contributed by atoms with van der Waals surface area (Å²) in [5.41, 5.74) is 2.95. The minimum Gasteiger partial charge on any atom is -0.493 e. The van der Waals surface area contributed by atoms with Crippen LogP contribution in [0.1, 0.15) is 51.3 Å². The molecule has 0 aliphatic carbocycles. The zero-order valence-electron chi connectivity index (χ0n) is 12.2. The molecule has 0 radical (unpaired) electrons. The predicted octanol–water partition coefficient (Wildman–Crippen LogP) is 3.66. The first-order valence-electron chi connectivity index (χ1n) is 6.94. The summed E-state index contributed by atoms with van der Waals surface area (Å²) < 4.78 is 5.83. The van der Waals surface area contributed by atoms with E-state index in [1.54, 1.807) is 0 Å². The first-order valence-corrected chi connectivity index (χ1v) is 6.94. The van der Waals surface area contributed by atoms with E-state index < -0.39 is 0 Å². The van der Waals surface area contributed by atoms with E-state index in [-0.39, 0.29) is 5.41 Å². The summed E-state index contributed by atoms with van der Waals surface area (Å²) >= 11 is 0. The molecule has 0 saturated carbocycles. The molecule has 0 spiro atoms. The Labute approximate surface area is 111 Å². The van der Waals surface area contributed by atoms with E-state index in [1.807, 2.05) is 7.05 Å². The van der Waals surface area contributed by atoms with Crippen LogP contribution in [-0.2, 0) is 5.41 Å². The summed E-state index contributed by atoms with van der Waals surface area (Å²) in [6.45, 7) is 9.89. The van der Waals surface area contributed by atoms with E-state index in [0.29, 0.717) is 12.0 Å². The number of rotatable bonds is 3. The molecule has 1 heterocycles. The maximum absolute atomic E-state index is 5.83. The molecule has 2 heteroatoms. The van der Waals surface area contributed by atoms with E-state index >= 15 is 0 Å². The lowest BCUT2D eigenvalue weighted by Crippen LogP contribution is -2.32. The van der Waals surface area contributed by atoms with E-state index in [0.717, 1.165) is 18.8 Å². The molecule has 0 aromatic heterocycles. The molecule has 100 valence electrons. The summed E-state index contributed by atoms with van der Waals surface area (Å²) in [5, 5.41) is 3.43. The second-order valence-corrected chi connectivity index (χ2v) is 6.04. The van der Waals surface area contributed by atoms with Crippen molar-refractivity contribution >= 4 is 0 Å². The van der Waals surface area contributed by atoms with Crippen LogP contribution >= 0.6 is 0 Å². The highest BCUT2D eigenvalue weighted by Gasteiger charge is 2.28. The molecule has 2 nitrogen and oxygen atoms in total. The third-order valence-corrected chi connectivity index (χ3v) is 4.39. The number of hydrogen-bond acceptors (Lipinski definition) is 2. The highest BCUT2D eigenvalue weighted by molar-refractivity contribution is 5.43. The molecule has 0 bridgehead atoms. The SMILES string of the molecule is CCC(C)(C)c1ccc2c(c1)C(NC)C(C)CO2. The largest absolute Gasteiger partial charge is 0.493 e. The fraction of sp³-hybridized carbons (Fsp3) is 0.625. The lowest BCUT2D eigenvalue weighted by atomic mass is 9.80. The number of hydrogen-bond donors (Lipinski definition) is 1. The molecule has 2 rings (SSSR count). The molecule has 1 aliphatic rings. The number of ether oxygens (including phenoxy) is 1. The summed E-state index contributed by atoms with van der Waals surface area (Å²) in [6.07, 6.45) is 1.15. The van der Waals surface area contributed by atoms with Crippen LogP contribution in [0.4, 0.5) is 0 Å². The highest BCUT2D eigenvalue weighted by atomic mass is 16.5. The first kappa shape index (κ1) is 13.4. The van der Waals surface area contributed by atoms with Crippen molar-refractivity contribution in [2.45, 2.75) is 45.6 Å². The maximum atomic E-state index is 5.83. The maximum Gasteiger partial charge on any atom is 0.124 e. The van der Waals surface area contributed by atoms with Gasteiger partial charge in [0, 0.05) is 17.5 Å². The molecule has 2 unspecified atom stereocenters. The molecule has 0 saturated heterocycles. The van der Waals surface area contributed by atoms with Crippen LogP contribution in [0.15, 0.2) is 18.2 Å². The Morgan fingerprint density at radius 3 is 2.72 bits per heavy atom. The molecule has 1 aromatic rings. The van der Waals surface area contributed by atoms with Crippen LogP contribution in [0.2, 0.25) is 0 Å². The van der Waals surface area contributed by atoms with Crippen LogP contribution in [0.25, 0.3) is 0 Å². The quantitative estimate of drug-likeness (QED) is 0.880. The Kier molecular flexibility index (Phi) is 3.67. The number of benzene rings is 1. The molecular formula is C16H25NO. The Morgan fingerprint density at radius 1 is 1.39 bits per heavy atom. The second kappa shape index (κ2) is 4.93. The molecular weight excluding hydrogens is 222 g/mol. The van der Waals surface area contributed by atoms with Crippen molar-refractivity contribution in [3.05, 3.63) is 29.3 Å². The van der Waals surface area contributed by atoms with Crippen LogP contribution in [0, 0.1) is 5.92 Å². The third kappa shape index (κ3) is 2.26.